The summed E-state index contributed by atoms with van der Waals surface area (Å²) in [5.41, 5.74) is 2.45. The lowest BCUT2D eigenvalue weighted by Gasteiger charge is -2.24. The lowest BCUT2D eigenvalue weighted by molar-refractivity contribution is 0.404. The van der Waals surface area contributed by atoms with Crippen molar-refractivity contribution in [2.75, 3.05) is 0 Å². The van der Waals surface area contributed by atoms with Crippen molar-refractivity contribution in [3.63, 3.8) is 0 Å². The number of benzene rings is 2. The van der Waals surface area contributed by atoms with Gasteiger partial charge in [-0.1, -0.05) is 32.4 Å². The molecular formula is C17H18ClN3O2. The van der Waals surface area contributed by atoms with E-state index in [1.807, 2.05) is 20.8 Å². The lowest BCUT2D eigenvalue weighted by atomic mass is 9.84. The number of rotatable bonds is 1. The molecule has 0 fully saturated rings. The Bertz CT molecular complexity index is 910. The van der Waals surface area contributed by atoms with Crippen molar-refractivity contribution in [1.29, 1.82) is 0 Å². The summed E-state index contributed by atoms with van der Waals surface area (Å²) in [6.07, 6.45) is 0. The Labute approximate surface area is 139 Å². The topological polar surface area (TPSA) is 71.2 Å². The van der Waals surface area contributed by atoms with E-state index in [2.05, 4.69) is 10.2 Å². The zero-order valence-corrected chi connectivity index (χ0v) is 14.2. The minimum atomic E-state index is -0.426. The average molecular weight is 332 g/mol. The molecule has 0 saturated carbocycles. The molecule has 1 heterocycles. The van der Waals surface area contributed by atoms with Crippen LogP contribution in [-0.2, 0) is 5.41 Å². The third-order valence-corrected chi connectivity index (χ3v) is 3.99. The first-order chi connectivity index (χ1) is 10.7. The Balaban J connectivity index is 2.28. The van der Waals surface area contributed by atoms with Gasteiger partial charge in [0.25, 0.3) is 0 Å². The van der Waals surface area contributed by atoms with Crippen LogP contribution in [0.5, 0.6) is 11.5 Å². The number of fused-ring (bicyclic) bond motifs is 1. The van der Waals surface area contributed by atoms with E-state index in [0.29, 0.717) is 32.9 Å². The van der Waals surface area contributed by atoms with E-state index in [4.69, 9.17) is 11.6 Å². The van der Waals surface area contributed by atoms with Crippen LogP contribution in [0, 0.1) is 6.92 Å². The molecule has 120 valence electrons. The van der Waals surface area contributed by atoms with Gasteiger partial charge >= 0.3 is 0 Å². The molecule has 1 aromatic heterocycles. The fourth-order valence-corrected chi connectivity index (χ4v) is 2.80. The Morgan fingerprint density at radius 3 is 2.30 bits per heavy atom. The predicted octanol–water partition coefficient (Wildman–Crippen LogP) is 4.09. The van der Waals surface area contributed by atoms with E-state index in [9.17, 15) is 10.2 Å². The highest BCUT2D eigenvalue weighted by molar-refractivity contribution is 6.31. The molecular weight excluding hydrogens is 314 g/mol. The highest BCUT2D eigenvalue weighted by Crippen LogP contribution is 2.43. The molecule has 0 saturated heterocycles. The largest absolute Gasteiger partial charge is 0.507 e. The lowest BCUT2D eigenvalue weighted by Crippen LogP contribution is -2.14. The molecule has 6 heteroatoms. The minimum absolute atomic E-state index is 0.0213. The van der Waals surface area contributed by atoms with Gasteiger partial charge in [-0.2, -0.15) is 0 Å². The van der Waals surface area contributed by atoms with Crippen molar-refractivity contribution in [2.45, 2.75) is 33.1 Å². The first-order valence-electron chi connectivity index (χ1n) is 7.27. The summed E-state index contributed by atoms with van der Waals surface area (Å²) in [6.45, 7) is 7.57. The SMILES string of the molecule is Cc1cc(-n2nc3ccc(Cl)cc3n2)c(O)c(C(C)(C)C)c1O. The monoisotopic (exact) mass is 331 g/mol. The van der Waals surface area contributed by atoms with Crippen LogP contribution in [0.25, 0.3) is 16.7 Å². The number of aromatic nitrogens is 3. The van der Waals surface area contributed by atoms with Crippen LogP contribution in [0.2, 0.25) is 5.02 Å². The van der Waals surface area contributed by atoms with Gasteiger partial charge in [-0.25, -0.2) is 0 Å². The Morgan fingerprint density at radius 2 is 1.65 bits per heavy atom. The van der Waals surface area contributed by atoms with Crippen LogP contribution in [0.15, 0.2) is 24.3 Å². The van der Waals surface area contributed by atoms with Crippen LogP contribution in [0.4, 0.5) is 0 Å². The number of aromatic hydroxyl groups is 2. The van der Waals surface area contributed by atoms with Crippen LogP contribution in [0.1, 0.15) is 31.9 Å². The quantitative estimate of drug-likeness (QED) is 0.704. The van der Waals surface area contributed by atoms with Gasteiger partial charge in [-0.15, -0.1) is 15.0 Å². The second-order valence-corrected chi connectivity index (χ2v) is 7.09. The zero-order chi connectivity index (χ0) is 16.9. The van der Waals surface area contributed by atoms with Crippen LogP contribution < -0.4 is 0 Å². The summed E-state index contributed by atoms with van der Waals surface area (Å²) in [5.74, 6) is 0.0745. The fraction of sp³-hybridized carbons (Fsp3) is 0.294. The third-order valence-electron chi connectivity index (χ3n) is 3.75. The second-order valence-electron chi connectivity index (χ2n) is 6.66. The number of phenolic OH excluding ortho intramolecular Hbond substituents is 2. The molecule has 0 aliphatic heterocycles. The highest BCUT2D eigenvalue weighted by Gasteiger charge is 2.27. The minimum Gasteiger partial charge on any atom is -0.507 e. The summed E-state index contributed by atoms with van der Waals surface area (Å²) < 4.78 is 0. The van der Waals surface area contributed by atoms with Gasteiger partial charge in [0, 0.05) is 10.6 Å². The number of halogens is 1. The van der Waals surface area contributed by atoms with Crippen LogP contribution in [0.3, 0.4) is 0 Å². The Hall–Kier alpha value is -2.27. The standard InChI is InChI=1S/C17H18ClN3O2/c1-9-7-13(16(23)14(15(9)22)17(2,3)4)21-19-11-6-5-10(18)8-12(11)20-21/h5-8,22-23H,1-4H3. The molecule has 0 unspecified atom stereocenters. The van der Waals surface area contributed by atoms with Crippen molar-refractivity contribution in [1.82, 2.24) is 15.0 Å². The molecule has 0 aliphatic rings. The zero-order valence-electron chi connectivity index (χ0n) is 13.4. The number of nitrogens with zero attached hydrogens (tertiary/aromatic N) is 3. The number of phenols is 2. The van der Waals surface area contributed by atoms with Crippen molar-refractivity contribution >= 4 is 22.6 Å². The van der Waals surface area contributed by atoms with Crippen molar-refractivity contribution < 1.29 is 10.2 Å². The van der Waals surface area contributed by atoms with E-state index in [0.717, 1.165) is 0 Å². The van der Waals surface area contributed by atoms with Gasteiger partial charge in [0.15, 0.2) is 5.75 Å². The van der Waals surface area contributed by atoms with Crippen molar-refractivity contribution in [3.8, 4) is 17.2 Å². The third kappa shape index (κ3) is 2.61. The van der Waals surface area contributed by atoms with Gasteiger partial charge in [-0.05, 0) is 42.2 Å². The molecule has 0 aliphatic carbocycles. The fourth-order valence-electron chi connectivity index (χ4n) is 2.64. The summed E-state index contributed by atoms with van der Waals surface area (Å²) >= 11 is 5.98. The molecule has 2 N–H and O–H groups in total. The number of hydrogen-bond donors (Lipinski definition) is 2. The first-order valence-corrected chi connectivity index (χ1v) is 7.65. The van der Waals surface area contributed by atoms with Gasteiger partial charge < -0.3 is 10.2 Å². The average Bonchev–Trinajstić information content (AvgIpc) is 2.84. The molecule has 5 nitrogen and oxygen atoms in total. The molecule has 3 rings (SSSR count). The van der Waals surface area contributed by atoms with E-state index >= 15 is 0 Å². The van der Waals surface area contributed by atoms with Crippen LogP contribution in [-0.4, -0.2) is 25.2 Å². The molecule has 3 aromatic rings. The predicted molar refractivity (Wildman–Crippen MR) is 90.6 cm³/mol. The Kier molecular flexibility index (Phi) is 3.48. The van der Waals surface area contributed by atoms with Gasteiger partial charge in [0.1, 0.15) is 22.5 Å². The maximum absolute atomic E-state index is 10.7. The number of aryl methyl sites for hydroxylation is 1. The van der Waals surface area contributed by atoms with E-state index in [1.165, 1.54) is 4.80 Å². The second kappa shape index (κ2) is 5.13. The Morgan fingerprint density at radius 1 is 1.00 bits per heavy atom. The van der Waals surface area contributed by atoms with E-state index in [-0.39, 0.29) is 11.5 Å². The van der Waals surface area contributed by atoms with Crippen LogP contribution >= 0.6 is 11.6 Å². The summed E-state index contributed by atoms with van der Waals surface area (Å²) in [4.78, 5) is 1.37. The molecule has 0 atom stereocenters. The summed E-state index contributed by atoms with van der Waals surface area (Å²) in [7, 11) is 0. The van der Waals surface area contributed by atoms with Crippen molar-refractivity contribution in [3.05, 3.63) is 40.4 Å². The maximum atomic E-state index is 10.7. The molecule has 0 radical (unpaired) electrons. The molecule has 0 amide bonds. The van der Waals surface area contributed by atoms with Gasteiger partial charge in [0.2, 0.25) is 0 Å². The maximum Gasteiger partial charge on any atom is 0.150 e. The molecule has 0 bridgehead atoms. The van der Waals surface area contributed by atoms with E-state index < -0.39 is 5.41 Å². The molecule has 23 heavy (non-hydrogen) atoms. The first kappa shape index (κ1) is 15.6. The number of hydrogen-bond acceptors (Lipinski definition) is 4. The summed E-state index contributed by atoms with van der Waals surface area (Å²) in [5, 5.41) is 30.3. The molecule has 2 aromatic carbocycles. The normalized spacial score (nSPS) is 12.0. The highest BCUT2D eigenvalue weighted by atomic mass is 35.5. The van der Waals surface area contributed by atoms with E-state index in [1.54, 1.807) is 31.2 Å². The summed E-state index contributed by atoms with van der Waals surface area (Å²) in [6, 6.07) is 6.90. The molecule has 0 spiro atoms. The van der Waals surface area contributed by atoms with Crippen molar-refractivity contribution in [2.24, 2.45) is 0 Å². The smallest absolute Gasteiger partial charge is 0.150 e. The van der Waals surface area contributed by atoms with Gasteiger partial charge in [-0.3, -0.25) is 0 Å². The van der Waals surface area contributed by atoms with Gasteiger partial charge in [0.05, 0.1) is 0 Å².